The van der Waals surface area contributed by atoms with Gasteiger partial charge in [0, 0.05) is 19.3 Å². The molecule has 0 unspecified atom stereocenters. The van der Waals surface area contributed by atoms with Crippen molar-refractivity contribution in [2.24, 2.45) is 0 Å². The monoisotopic (exact) mass is 270 g/mol. The van der Waals surface area contributed by atoms with E-state index in [1.54, 1.807) is 13.4 Å². The number of anilines is 3. The van der Waals surface area contributed by atoms with Crippen molar-refractivity contribution in [3.05, 3.63) is 36.2 Å². The van der Waals surface area contributed by atoms with Gasteiger partial charge in [-0.25, -0.2) is 9.97 Å². The minimum atomic E-state index is 0.687. The van der Waals surface area contributed by atoms with Crippen molar-refractivity contribution in [2.75, 3.05) is 30.9 Å². The summed E-state index contributed by atoms with van der Waals surface area (Å²) >= 11 is 0. The number of methoxy groups -OCH3 is 1. The molecule has 0 bridgehead atoms. The number of nitrogens with zero attached hydrogens (tertiary/aromatic N) is 3. The fraction of sp³-hybridized carbons (Fsp3) is 0.333. The Morgan fingerprint density at radius 3 is 2.90 bits per heavy atom. The summed E-state index contributed by atoms with van der Waals surface area (Å²) in [6.07, 6.45) is 3.79. The highest BCUT2D eigenvalue weighted by atomic mass is 16.5. The van der Waals surface area contributed by atoms with Gasteiger partial charge in [-0.3, -0.25) is 0 Å². The first-order chi connectivity index (χ1) is 9.85. The van der Waals surface area contributed by atoms with Crippen molar-refractivity contribution in [3.8, 4) is 5.75 Å². The zero-order chi connectivity index (χ0) is 13.9. The van der Waals surface area contributed by atoms with Crippen molar-refractivity contribution in [3.63, 3.8) is 0 Å². The topological polar surface area (TPSA) is 50.3 Å². The number of nitrogens with one attached hydrogen (secondary N) is 1. The fourth-order valence-corrected chi connectivity index (χ4v) is 2.68. The van der Waals surface area contributed by atoms with Gasteiger partial charge in [-0.2, -0.15) is 0 Å². The van der Waals surface area contributed by atoms with Crippen molar-refractivity contribution < 1.29 is 4.74 Å². The van der Waals surface area contributed by atoms with Gasteiger partial charge < -0.3 is 15.0 Å². The molecule has 0 saturated heterocycles. The smallest absolute Gasteiger partial charge is 0.204 e. The third kappa shape index (κ3) is 2.05. The molecule has 2 heterocycles. The molecule has 0 fully saturated rings. The normalized spacial score (nSPS) is 13.8. The van der Waals surface area contributed by atoms with Crippen molar-refractivity contribution >= 4 is 17.3 Å². The Balaban J connectivity index is 2.11. The fourth-order valence-electron chi connectivity index (χ4n) is 2.68. The largest absolute Gasteiger partial charge is 0.490 e. The third-order valence-electron chi connectivity index (χ3n) is 3.59. The highest BCUT2D eigenvalue weighted by Gasteiger charge is 2.23. The number of para-hydroxylation sites is 1. The van der Waals surface area contributed by atoms with Crippen LogP contribution in [0.4, 0.5) is 17.3 Å². The first kappa shape index (κ1) is 12.7. The predicted octanol–water partition coefficient (Wildman–Crippen LogP) is 2.61. The van der Waals surface area contributed by atoms with Gasteiger partial charge in [0.05, 0.1) is 7.11 Å². The summed E-state index contributed by atoms with van der Waals surface area (Å²) in [6, 6.07) is 8.45. The van der Waals surface area contributed by atoms with E-state index in [2.05, 4.69) is 44.5 Å². The van der Waals surface area contributed by atoms with Gasteiger partial charge in [0.15, 0.2) is 11.6 Å². The highest BCUT2D eigenvalue weighted by molar-refractivity contribution is 5.73. The molecule has 0 atom stereocenters. The lowest BCUT2D eigenvalue weighted by molar-refractivity contribution is 0.413. The molecule has 20 heavy (non-hydrogen) atoms. The third-order valence-corrected chi connectivity index (χ3v) is 3.59. The first-order valence-corrected chi connectivity index (χ1v) is 6.77. The molecule has 0 spiro atoms. The Morgan fingerprint density at radius 1 is 1.25 bits per heavy atom. The summed E-state index contributed by atoms with van der Waals surface area (Å²) in [6.45, 7) is 0.938. The van der Waals surface area contributed by atoms with E-state index in [0.29, 0.717) is 11.6 Å². The second-order valence-corrected chi connectivity index (χ2v) is 4.71. The van der Waals surface area contributed by atoms with Gasteiger partial charge in [-0.1, -0.05) is 18.2 Å². The summed E-state index contributed by atoms with van der Waals surface area (Å²) in [4.78, 5) is 10.8. The van der Waals surface area contributed by atoms with Gasteiger partial charge in [-0.15, -0.1) is 0 Å². The van der Waals surface area contributed by atoms with Crippen LogP contribution in [0.3, 0.4) is 0 Å². The summed E-state index contributed by atoms with van der Waals surface area (Å²) in [5.74, 6) is 2.21. The van der Waals surface area contributed by atoms with Gasteiger partial charge in [0.2, 0.25) is 5.75 Å². The Bertz CT molecular complexity index is 615. The zero-order valence-corrected chi connectivity index (χ0v) is 11.8. The van der Waals surface area contributed by atoms with Gasteiger partial charge in [0.1, 0.15) is 6.33 Å². The molecule has 0 amide bonds. The Hall–Kier alpha value is -2.30. The lowest BCUT2D eigenvalue weighted by Gasteiger charge is -2.31. The maximum Gasteiger partial charge on any atom is 0.204 e. The molecule has 104 valence electrons. The Labute approximate surface area is 118 Å². The summed E-state index contributed by atoms with van der Waals surface area (Å²) in [5.41, 5.74) is 2.56. The molecule has 5 heteroatoms. The molecule has 1 aromatic heterocycles. The molecule has 0 saturated carbocycles. The zero-order valence-electron chi connectivity index (χ0n) is 11.8. The Kier molecular flexibility index (Phi) is 3.41. The minimum absolute atomic E-state index is 0.687. The molecule has 0 radical (unpaired) electrons. The number of aromatic nitrogens is 2. The van der Waals surface area contributed by atoms with Crippen LogP contribution in [0.2, 0.25) is 0 Å². The van der Waals surface area contributed by atoms with Crippen LogP contribution in [0, 0.1) is 0 Å². The average Bonchev–Trinajstić information content (AvgIpc) is 2.53. The van der Waals surface area contributed by atoms with Crippen molar-refractivity contribution in [2.45, 2.75) is 12.8 Å². The molecule has 2 aromatic rings. The maximum atomic E-state index is 5.51. The standard InChI is InChI=1S/C15H18N4O/c1-16-14-13(20-2)15(18-10-17-14)19-9-5-7-11-6-3-4-8-12(11)19/h3-4,6,8,10H,5,7,9H2,1-2H3,(H,16,17,18). The molecular weight excluding hydrogens is 252 g/mol. The molecule has 1 aromatic carbocycles. The number of hydrogen-bond donors (Lipinski definition) is 1. The van der Waals surface area contributed by atoms with E-state index in [1.165, 1.54) is 11.3 Å². The van der Waals surface area contributed by atoms with E-state index in [1.807, 2.05) is 7.05 Å². The SMILES string of the molecule is CNc1ncnc(N2CCCc3ccccc32)c1OC. The second kappa shape index (κ2) is 5.36. The van der Waals surface area contributed by atoms with E-state index < -0.39 is 0 Å². The molecule has 1 N–H and O–H groups in total. The molecule has 0 aliphatic carbocycles. The predicted molar refractivity (Wildman–Crippen MR) is 79.9 cm³/mol. The highest BCUT2D eigenvalue weighted by Crippen LogP contribution is 2.39. The quantitative estimate of drug-likeness (QED) is 0.929. The second-order valence-electron chi connectivity index (χ2n) is 4.71. The van der Waals surface area contributed by atoms with E-state index >= 15 is 0 Å². The molecule has 1 aliphatic rings. The van der Waals surface area contributed by atoms with E-state index in [0.717, 1.165) is 25.2 Å². The Morgan fingerprint density at radius 2 is 2.10 bits per heavy atom. The molecule has 1 aliphatic heterocycles. The van der Waals surface area contributed by atoms with E-state index in [-0.39, 0.29) is 0 Å². The number of ether oxygens (including phenoxy) is 1. The van der Waals surface area contributed by atoms with Crippen LogP contribution in [-0.2, 0) is 6.42 Å². The van der Waals surface area contributed by atoms with Crippen LogP contribution in [0.25, 0.3) is 0 Å². The number of fused-ring (bicyclic) bond motifs is 1. The average molecular weight is 270 g/mol. The molecular formula is C15H18N4O. The van der Waals surface area contributed by atoms with Crippen LogP contribution in [0.5, 0.6) is 5.75 Å². The summed E-state index contributed by atoms with van der Waals surface area (Å²) < 4.78 is 5.51. The van der Waals surface area contributed by atoms with Crippen molar-refractivity contribution in [1.29, 1.82) is 0 Å². The van der Waals surface area contributed by atoms with Crippen LogP contribution >= 0.6 is 0 Å². The van der Waals surface area contributed by atoms with Crippen LogP contribution in [-0.4, -0.2) is 30.7 Å². The first-order valence-electron chi connectivity index (χ1n) is 6.77. The van der Waals surface area contributed by atoms with Gasteiger partial charge in [0.25, 0.3) is 0 Å². The number of benzene rings is 1. The molecule has 5 nitrogen and oxygen atoms in total. The molecule has 3 rings (SSSR count). The lowest BCUT2D eigenvalue weighted by Crippen LogP contribution is -2.26. The minimum Gasteiger partial charge on any atom is -0.490 e. The summed E-state index contributed by atoms with van der Waals surface area (Å²) in [7, 11) is 3.48. The van der Waals surface area contributed by atoms with Crippen LogP contribution in [0.1, 0.15) is 12.0 Å². The van der Waals surface area contributed by atoms with E-state index in [4.69, 9.17) is 4.74 Å². The lowest BCUT2D eigenvalue weighted by atomic mass is 10.0. The van der Waals surface area contributed by atoms with Gasteiger partial charge in [-0.05, 0) is 24.5 Å². The van der Waals surface area contributed by atoms with Gasteiger partial charge >= 0.3 is 0 Å². The number of aryl methyl sites for hydroxylation is 1. The van der Waals surface area contributed by atoms with Crippen LogP contribution < -0.4 is 15.0 Å². The van der Waals surface area contributed by atoms with Crippen LogP contribution in [0.15, 0.2) is 30.6 Å². The van der Waals surface area contributed by atoms with E-state index in [9.17, 15) is 0 Å². The summed E-state index contributed by atoms with van der Waals surface area (Å²) in [5, 5.41) is 3.05. The maximum absolute atomic E-state index is 5.51. The number of rotatable bonds is 3. The number of hydrogen-bond acceptors (Lipinski definition) is 5. The van der Waals surface area contributed by atoms with Crippen molar-refractivity contribution in [1.82, 2.24) is 9.97 Å².